The summed E-state index contributed by atoms with van der Waals surface area (Å²) in [6, 6.07) is -0.566. The Morgan fingerprint density at radius 2 is 1.94 bits per heavy atom. The molecule has 4 amide bonds. The van der Waals surface area contributed by atoms with E-state index in [1.807, 2.05) is 6.92 Å². The molecule has 3 fully saturated rings. The Morgan fingerprint density at radius 1 is 1.26 bits per heavy atom. The van der Waals surface area contributed by atoms with Crippen molar-refractivity contribution in [2.24, 2.45) is 11.3 Å². The van der Waals surface area contributed by atoms with Crippen LogP contribution in [0.4, 0.5) is 4.79 Å². The van der Waals surface area contributed by atoms with Gasteiger partial charge in [-0.2, -0.15) is 0 Å². The molecule has 0 aromatic heterocycles. The van der Waals surface area contributed by atoms with Crippen LogP contribution >= 0.6 is 0 Å². The maximum absolute atomic E-state index is 13.0. The molecule has 2 aliphatic heterocycles. The van der Waals surface area contributed by atoms with Gasteiger partial charge in [-0.25, -0.2) is 4.79 Å². The van der Waals surface area contributed by atoms with E-state index in [0.29, 0.717) is 38.5 Å². The number of hydrogen-bond acceptors (Lipinski definition) is 6. The van der Waals surface area contributed by atoms with Crippen molar-refractivity contribution >= 4 is 23.8 Å². The van der Waals surface area contributed by atoms with E-state index in [4.69, 9.17) is 9.47 Å². The van der Waals surface area contributed by atoms with Gasteiger partial charge in [-0.1, -0.05) is 27.2 Å². The number of imide groups is 1. The summed E-state index contributed by atoms with van der Waals surface area (Å²) in [5.74, 6) is -0.943. The lowest BCUT2D eigenvalue weighted by Crippen LogP contribution is -2.51. The normalized spacial score (nSPS) is 29.3. The van der Waals surface area contributed by atoms with E-state index >= 15 is 0 Å². The molecule has 3 rings (SSSR count). The van der Waals surface area contributed by atoms with Crippen LogP contribution in [0.5, 0.6) is 0 Å². The molecular formula is C22H35N3O6. The number of nitrogens with one attached hydrogen (secondary N) is 1. The Kier molecular flexibility index (Phi) is 6.93. The standard InChI is InChI=1S/C22H35N3O6/c1-5-21(3,4)16-6-8-22(9-7-16)19(28)25(20(29)23-22)13-18(27)31-14-17(26)24-10-11-30-15(2)12-24/h15-16H,5-14H2,1-4H3,(H,23,29). The maximum Gasteiger partial charge on any atom is 0.326 e. The van der Waals surface area contributed by atoms with Crippen molar-refractivity contribution in [2.45, 2.75) is 71.4 Å². The zero-order chi connectivity index (χ0) is 22.8. The third-order valence-electron chi connectivity index (χ3n) is 7.34. The maximum atomic E-state index is 13.0. The average Bonchev–Trinajstić information content (AvgIpc) is 2.96. The third kappa shape index (κ3) is 5.02. The molecule has 174 valence electrons. The van der Waals surface area contributed by atoms with Crippen LogP contribution in [0.3, 0.4) is 0 Å². The van der Waals surface area contributed by atoms with E-state index in [-0.39, 0.29) is 23.3 Å². The van der Waals surface area contributed by atoms with Crippen LogP contribution < -0.4 is 5.32 Å². The number of ether oxygens (including phenoxy) is 2. The molecule has 1 saturated carbocycles. The predicted molar refractivity (Wildman–Crippen MR) is 112 cm³/mol. The Bertz CT molecular complexity index is 729. The first-order chi connectivity index (χ1) is 14.6. The lowest BCUT2D eigenvalue weighted by molar-refractivity contribution is -0.156. The van der Waals surface area contributed by atoms with Crippen molar-refractivity contribution in [3.05, 3.63) is 0 Å². The number of carbonyl (C=O) groups is 4. The van der Waals surface area contributed by atoms with Crippen LogP contribution in [-0.2, 0) is 23.9 Å². The molecule has 1 unspecified atom stereocenters. The first-order valence-electron chi connectivity index (χ1n) is 11.3. The molecule has 31 heavy (non-hydrogen) atoms. The first kappa shape index (κ1) is 23.5. The van der Waals surface area contributed by atoms with Gasteiger partial charge in [-0.05, 0) is 43.9 Å². The molecule has 1 N–H and O–H groups in total. The van der Waals surface area contributed by atoms with Gasteiger partial charge in [0.15, 0.2) is 6.61 Å². The smallest absolute Gasteiger partial charge is 0.326 e. The number of carbonyl (C=O) groups excluding carboxylic acids is 4. The number of nitrogens with zero attached hydrogens (tertiary/aromatic N) is 2. The number of rotatable bonds is 6. The quantitative estimate of drug-likeness (QED) is 0.501. The van der Waals surface area contributed by atoms with E-state index in [2.05, 4.69) is 26.1 Å². The second kappa shape index (κ2) is 9.14. The van der Waals surface area contributed by atoms with Gasteiger partial charge in [0.25, 0.3) is 11.8 Å². The van der Waals surface area contributed by atoms with E-state index in [9.17, 15) is 19.2 Å². The van der Waals surface area contributed by atoms with Gasteiger partial charge >= 0.3 is 12.0 Å². The highest BCUT2D eigenvalue weighted by Gasteiger charge is 2.53. The predicted octanol–water partition coefficient (Wildman–Crippen LogP) is 1.69. The molecule has 1 atom stereocenters. The van der Waals surface area contributed by atoms with Crippen molar-refractivity contribution < 1.29 is 28.7 Å². The topological polar surface area (TPSA) is 105 Å². The van der Waals surface area contributed by atoms with Gasteiger partial charge in [0, 0.05) is 13.1 Å². The van der Waals surface area contributed by atoms with Crippen LogP contribution in [0, 0.1) is 11.3 Å². The van der Waals surface area contributed by atoms with Crippen LogP contribution in [-0.4, -0.2) is 78.1 Å². The Morgan fingerprint density at radius 3 is 2.55 bits per heavy atom. The molecule has 9 nitrogen and oxygen atoms in total. The molecule has 0 aromatic carbocycles. The molecule has 3 aliphatic rings. The number of morpholine rings is 1. The summed E-state index contributed by atoms with van der Waals surface area (Å²) in [6.45, 7) is 8.98. The van der Waals surface area contributed by atoms with Crippen molar-refractivity contribution in [1.82, 2.24) is 15.1 Å². The Balaban J connectivity index is 1.51. The molecular weight excluding hydrogens is 402 g/mol. The van der Waals surface area contributed by atoms with Gasteiger partial charge in [-0.3, -0.25) is 19.3 Å². The average molecular weight is 438 g/mol. The zero-order valence-electron chi connectivity index (χ0n) is 19.1. The van der Waals surface area contributed by atoms with Gasteiger partial charge in [-0.15, -0.1) is 0 Å². The molecule has 2 heterocycles. The summed E-state index contributed by atoms with van der Waals surface area (Å²) in [7, 11) is 0. The highest BCUT2D eigenvalue weighted by atomic mass is 16.5. The molecule has 0 aromatic rings. The lowest BCUT2D eigenvalue weighted by Gasteiger charge is -2.42. The van der Waals surface area contributed by atoms with E-state index < -0.39 is 30.7 Å². The fraction of sp³-hybridized carbons (Fsp3) is 0.818. The van der Waals surface area contributed by atoms with Crippen LogP contribution in [0.25, 0.3) is 0 Å². The molecule has 2 saturated heterocycles. The second-order valence-electron chi connectivity index (χ2n) is 9.70. The van der Waals surface area contributed by atoms with Gasteiger partial charge in [0.05, 0.1) is 12.7 Å². The second-order valence-corrected chi connectivity index (χ2v) is 9.70. The van der Waals surface area contributed by atoms with E-state index in [0.717, 1.165) is 24.2 Å². The minimum atomic E-state index is -0.919. The molecule has 1 spiro atoms. The largest absolute Gasteiger partial charge is 0.454 e. The van der Waals surface area contributed by atoms with Crippen molar-refractivity contribution in [2.75, 3.05) is 32.8 Å². The fourth-order valence-corrected chi connectivity index (χ4v) is 4.79. The summed E-state index contributed by atoms with van der Waals surface area (Å²) in [5, 5.41) is 2.83. The Hall–Kier alpha value is -2.16. The van der Waals surface area contributed by atoms with Crippen molar-refractivity contribution in [1.29, 1.82) is 0 Å². The third-order valence-corrected chi connectivity index (χ3v) is 7.34. The van der Waals surface area contributed by atoms with Crippen LogP contribution in [0.1, 0.15) is 59.8 Å². The summed E-state index contributed by atoms with van der Waals surface area (Å²) in [5.41, 5.74) is -0.723. The van der Waals surface area contributed by atoms with Crippen molar-refractivity contribution in [3.63, 3.8) is 0 Å². The van der Waals surface area contributed by atoms with Gasteiger partial charge < -0.3 is 19.7 Å². The van der Waals surface area contributed by atoms with Crippen LogP contribution in [0.2, 0.25) is 0 Å². The van der Waals surface area contributed by atoms with E-state index in [1.165, 1.54) is 0 Å². The fourth-order valence-electron chi connectivity index (χ4n) is 4.79. The number of hydrogen-bond donors (Lipinski definition) is 1. The highest BCUT2D eigenvalue weighted by Crippen LogP contribution is 2.45. The number of esters is 1. The van der Waals surface area contributed by atoms with E-state index in [1.54, 1.807) is 4.90 Å². The summed E-state index contributed by atoms with van der Waals surface area (Å²) >= 11 is 0. The summed E-state index contributed by atoms with van der Waals surface area (Å²) in [4.78, 5) is 52.4. The number of urea groups is 1. The first-order valence-corrected chi connectivity index (χ1v) is 11.3. The van der Waals surface area contributed by atoms with Gasteiger partial charge in [0.1, 0.15) is 12.1 Å². The summed E-state index contributed by atoms with van der Waals surface area (Å²) < 4.78 is 10.5. The van der Waals surface area contributed by atoms with Crippen molar-refractivity contribution in [3.8, 4) is 0 Å². The minimum Gasteiger partial charge on any atom is -0.454 e. The summed E-state index contributed by atoms with van der Waals surface area (Å²) in [6.07, 6.45) is 3.87. The Labute approximate surface area is 183 Å². The zero-order valence-corrected chi connectivity index (χ0v) is 19.1. The molecule has 1 aliphatic carbocycles. The van der Waals surface area contributed by atoms with Crippen LogP contribution in [0.15, 0.2) is 0 Å². The number of amides is 4. The lowest BCUT2D eigenvalue weighted by atomic mass is 9.65. The molecule has 9 heteroatoms. The molecule has 0 bridgehead atoms. The SMILES string of the molecule is CCC(C)(C)C1CCC2(CC1)NC(=O)N(CC(=O)OCC(=O)N1CCOC(C)C1)C2=O. The molecule has 0 radical (unpaired) electrons. The van der Waals surface area contributed by atoms with Gasteiger partial charge in [0.2, 0.25) is 0 Å². The highest BCUT2D eigenvalue weighted by molar-refractivity contribution is 6.08. The monoisotopic (exact) mass is 437 g/mol. The minimum absolute atomic E-state index is 0.0616.